The number of likely N-dealkylation sites (tertiary alicyclic amines) is 1. The number of rotatable bonds is 25. The molecule has 2 heterocycles. The van der Waals surface area contributed by atoms with Gasteiger partial charge in [0.1, 0.15) is 0 Å². The maximum atomic E-state index is 12.2. The Balaban J connectivity index is 1.40. The van der Waals surface area contributed by atoms with Crippen LogP contribution in [0, 0.1) is 0 Å². The van der Waals surface area contributed by atoms with E-state index in [2.05, 4.69) is 105 Å². The molecule has 0 unspecified atom stereocenters. The zero-order valence-electron chi connectivity index (χ0n) is 29.3. The molecule has 0 bridgehead atoms. The molecular weight excluding hydrogens is 582 g/mol. The van der Waals surface area contributed by atoms with Crippen molar-refractivity contribution in [2.24, 2.45) is 0 Å². The number of likely N-dealkylation sites (N-methyl/N-ethyl adjacent to an activating group) is 1. The van der Waals surface area contributed by atoms with Crippen LogP contribution in [0.2, 0.25) is 0 Å². The third-order valence-electron chi connectivity index (χ3n) is 7.91. The molecule has 0 radical (unpaired) electrons. The molecule has 7 heteroatoms. The van der Waals surface area contributed by atoms with Crippen LogP contribution in [0.25, 0.3) is 6.08 Å². The van der Waals surface area contributed by atoms with Gasteiger partial charge in [-0.1, -0.05) is 85.9 Å². The lowest BCUT2D eigenvalue weighted by atomic mass is 10.2. The fourth-order valence-corrected chi connectivity index (χ4v) is 5.06. The van der Waals surface area contributed by atoms with E-state index in [0.717, 1.165) is 82.3 Å². The summed E-state index contributed by atoms with van der Waals surface area (Å²) >= 11 is 0. The lowest BCUT2D eigenvalue weighted by Gasteiger charge is -2.17. The Morgan fingerprint density at radius 2 is 1.40 bits per heavy atom. The normalized spacial score (nSPS) is 14.4. The average molecular weight is 644 g/mol. The van der Waals surface area contributed by atoms with Crippen LogP contribution < -0.4 is 10.6 Å². The fourth-order valence-electron chi connectivity index (χ4n) is 5.06. The third kappa shape index (κ3) is 22.6. The van der Waals surface area contributed by atoms with Gasteiger partial charge in [-0.05, 0) is 89.6 Å². The Labute approximate surface area is 285 Å². The molecule has 2 N–H and O–H groups in total. The highest BCUT2D eigenvalue weighted by molar-refractivity contribution is 5.78. The molecule has 0 aliphatic carbocycles. The Morgan fingerprint density at radius 1 is 0.809 bits per heavy atom. The van der Waals surface area contributed by atoms with Crippen molar-refractivity contribution >= 4 is 17.9 Å². The fraction of sp³-hybridized carbons (Fsp3) is 0.525. The summed E-state index contributed by atoms with van der Waals surface area (Å²) in [5.41, 5.74) is 2.13. The molecule has 1 aliphatic rings. The maximum absolute atomic E-state index is 12.2. The monoisotopic (exact) mass is 643 g/mol. The van der Waals surface area contributed by atoms with Crippen molar-refractivity contribution in [1.29, 1.82) is 0 Å². The van der Waals surface area contributed by atoms with E-state index in [1.165, 1.54) is 25.9 Å². The van der Waals surface area contributed by atoms with E-state index in [4.69, 9.17) is 0 Å². The number of nitrogens with zero attached hydrogens (tertiary/aromatic N) is 3. The average Bonchev–Trinajstić information content (AvgIpc) is 3.60. The van der Waals surface area contributed by atoms with Crippen LogP contribution in [-0.4, -0.2) is 79.5 Å². The van der Waals surface area contributed by atoms with Crippen molar-refractivity contribution in [2.45, 2.75) is 84.0 Å². The second-order valence-electron chi connectivity index (χ2n) is 12.1. The third-order valence-corrected chi connectivity index (χ3v) is 7.91. The van der Waals surface area contributed by atoms with E-state index in [1.807, 2.05) is 25.4 Å². The van der Waals surface area contributed by atoms with Crippen LogP contribution >= 0.6 is 0 Å². The molecule has 1 aromatic heterocycles. The molecule has 2 amide bonds. The van der Waals surface area contributed by atoms with Gasteiger partial charge in [0.25, 0.3) is 0 Å². The van der Waals surface area contributed by atoms with Gasteiger partial charge in [-0.2, -0.15) is 0 Å². The van der Waals surface area contributed by atoms with Gasteiger partial charge < -0.3 is 20.4 Å². The first-order valence-electron chi connectivity index (χ1n) is 17.9. The Morgan fingerprint density at radius 3 is 2.00 bits per heavy atom. The number of aromatic nitrogens is 1. The molecule has 1 aromatic rings. The number of nitrogens with one attached hydrogen (secondary N) is 2. The number of amides is 2. The predicted molar refractivity (Wildman–Crippen MR) is 199 cm³/mol. The van der Waals surface area contributed by atoms with Gasteiger partial charge >= 0.3 is 0 Å². The standard InChI is InChI=1S/C40H61N5O2/c1-3-4-5-6-7-8-9-10-11-12-13-14-15-16-17-18-19-24-39(46)41-29-34-44(2)35-30-42-40(47)25-22-23-37-26-27-38(43-36-37)28-33-45-31-20-21-32-45/h4-5,7-8,10-11,13-14,16-17,22-23,26-27,36H,3,6,9,12,15,18-21,24-25,28-35H2,1-2H3,(H,41,46)(H,42,47)/b5-4+,8-7+,11-10+,14-13+,17-16+,23-22+. The topological polar surface area (TPSA) is 77.6 Å². The van der Waals surface area contributed by atoms with Crippen LogP contribution in [-0.2, 0) is 16.0 Å². The first-order valence-corrected chi connectivity index (χ1v) is 17.9. The molecule has 0 saturated carbocycles. The van der Waals surface area contributed by atoms with Crippen LogP contribution in [0.5, 0.6) is 0 Å². The van der Waals surface area contributed by atoms with E-state index in [0.29, 0.717) is 25.9 Å². The Hall–Kier alpha value is -3.55. The van der Waals surface area contributed by atoms with Crippen molar-refractivity contribution in [3.8, 4) is 0 Å². The highest BCUT2D eigenvalue weighted by Gasteiger charge is 2.11. The van der Waals surface area contributed by atoms with Gasteiger partial charge in [-0.25, -0.2) is 0 Å². The summed E-state index contributed by atoms with van der Waals surface area (Å²) in [4.78, 5) is 33.5. The van der Waals surface area contributed by atoms with Crippen LogP contribution in [0.1, 0.15) is 88.8 Å². The Bertz CT molecular complexity index is 1140. The van der Waals surface area contributed by atoms with Gasteiger partial charge in [0.05, 0.1) is 0 Å². The molecular formula is C40H61N5O2. The van der Waals surface area contributed by atoms with Gasteiger partial charge in [-0.3, -0.25) is 14.6 Å². The number of hydrogen-bond acceptors (Lipinski definition) is 5. The second-order valence-corrected chi connectivity index (χ2v) is 12.1. The number of unbranched alkanes of at least 4 members (excludes halogenated alkanes) is 1. The van der Waals surface area contributed by atoms with Crippen molar-refractivity contribution in [3.63, 3.8) is 0 Å². The van der Waals surface area contributed by atoms with Gasteiger partial charge in [0.2, 0.25) is 11.8 Å². The minimum absolute atomic E-state index is 0.00524. The first-order chi connectivity index (χ1) is 23.1. The van der Waals surface area contributed by atoms with Crippen molar-refractivity contribution < 1.29 is 9.59 Å². The molecule has 2 rings (SSSR count). The number of allylic oxidation sites excluding steroid dienone is 10. The van der Waals surface area contributed by atoms with Gasteiger partial charge in [-0.15, -0.1) is 0 Å². The zero-order chi connectivity index (χ0) is 33.6. The Kier molecular flexibility index (Phi) is 23.2. The smallest absolute Gasteiger partial charge is 0.223 e. The van der Waals surface area contributed by atoms with Crippen LogP contribution in [0.3, 0.4) is 0 Å². The van der Waals surface area contributed by atoms with E-state index in [-0.39, 0.29) is 11.8 Å². The van der Waals surface area contributed by atoms with Gasteiger partial charge in [0, 0.05) is 63.9 Å². The molecule has 1 aliphatic heterocycles. The van der Waals surface area contributed by atoms with Crippen molar-refractivity contribution in [2.75, 3.05) is 52.9 Å². The largest absolute Gasteiger partial charge is 0.355 e. The maximum Gasteiger partial charge on any atom is 0.223 e. The summed E-state index contributed by atoms with van der Waals surface area (Å²) in [7, 11) is 2.00. The minimum atomic E-state index is 0.00524. The van der Waals surface area contributed by atoms with E-state index >= 15 is 0 Å². The van der Waals surface area contributed by atoms with Crippen molar-refractivity contribution in [3.05, 3.63) is 96.4 Å². The van der Waals surface area contributed by atoms with E-state index < -0.39 is 0 Å². The van der Waals surface area contributed by atoms with Crippen molar-refractivity contribution in [1.82, 2.24) is 25.4 Å². The summed E-state index contributed by atoms with van der Waals surface area (Å²) in [6.07, 6.45) is 38.9. The number of carbonyl (C=O) groups is 2. The molecule has 0 aromatic carbocycles. The molecule has 0 spiro atoms. The summed E-state index contributed by atoms with van der Waals surface area (Å²) in [5, 5.41) is 5.97. The molecule has 47 heavy (non-hydrogen) atoms. The number of carbonyl (C=O) groups excluding carboxylic acids is 2. The molecule has 1 saturated heterocycles. The second kappa shape index (κ2) is 27.6. The summed E-state index contributed by atoms with van der Waals surface area (Å²) < 4.78 is 0. The minimum Gasteiger partial charge on any atom is -0.355 e. The molecule has 7 nitrogen and oxygen atoms in total. The number of pyridine rings is 1. The molecule has 0 atom stereocenters. The number of hydrogen-bond donors (Lipinski definition) is 2. The van der Waals surface area contributed by atoms with Crippen LogP contribution in [0.15, 0.2) is 85.2 Å². The highest BCUT2D eigenvalue weighted by Crippen LogP contribution is 2.09. The summed E-state index contributed by atoms with van der Waals surface area (Å²) in [6, 6.07) is 4.16. The lowest BCUT2D eigenvalue weighted by Crippen LogP contribution is -2.37. The summed E-state index contributed by atoms with van der Waals surface area (Å²) in [6.45, 7) is 8.33. The summed E-state index contributed by atoms with van der Waals surface area (Å²) in [5.74, 6) is 0.100. The van der Waals surface area contributed by atoms with Crippen LogP contribution in [0.4, 0.5) is 0 Å². The lowest BCUT2D eigenvalue weighted by molar-refractivity contribution is -0.121. The quantitative estimate of drug-likeness (QED) is 0.0870. The molecule has 258 valence electrons. The predicted octanol–water partition coefficient (Wildman–Crippen LogP) is 7.21. The van der Waals surface area contributed by atoms with E-state index in [9.17, 15) is 9.59 Å². The zero-order valence-corrected chi connectivity index (χ0v) is 29.3. The van der Waals surface area contributed by atoms with Gasteiger partial charge in [0.15, 0.2) is 0 Å². The SMILES string of the molecule is CC/C=C/C/C=C/C/C=C/C/C=C/C/C=C/CCCC(=O)NCCN(C)CCNC(=O)C/C=C/c1ccc(CCN2CCCC2)nc1. The highest BCUT2D eigenvalue weighted by atomic mass is 16.2. The molecule has 1 fully saturated rings. The van der Waals surface area contributed by atoms with E-state index in [1.54, 1.807) is 0 Å². The first kappa shape index (κ1) is 39.6.